The maximum Gasteiger partial charge on any atom is 0.242 e. The molecule has 0 aliphatic heterocycles. The van der Waals surface area contributed by atoms with Crippen LogP contribution in [0.3, 0.4) is 0 Å². The number of hydrogen-bond acceptors (Lipinski definition) is 2. The average molecular weight is 461 g/mol. The summed E-state index contributed by atoms with van der Waals surface area (Å²) in [6.45, 7) is 2.17. The highest BCUT2D eigenvalue weighted by Crippen LogP contribution is 2.20. The molecule has 1 saturated carbocycles. The summed E-state index contributed by atoms with van der Waals surface area (Å²) in [5.41, 5.74) is 1.87. The van der Waals surface area contributed by atoms with Crippen LogP contribution in [0, 0.1) is 0 Å². The van der Waals surface area contributed by atoms with E-state index in [1.807, 2.05) is 43.3 Å². The van der Waals surface area contributed by atoms with Crippen molar-refractivity contribution in [2.45, 2.75) is 70.5 Å². The molecule has 1 fully saturated rings. The molecule has 0 radical (unpaired) electrons. The Morgan fingerprint density at radius 2 is 1.71 bits per heavy atom. The Morgan fingerprint density at radius 1 is 1.03 bits per heavy atom. The maximum atomic E-state index is 13.2. The van der Waals surface area contributed by atoms with Crippen LogP contribution in [-0.4, -0.2) is 28.8 Å². The summed E-state index contributed by atoms with van der Waals surface area (Å²) in [5.74, 6) is -0.159. The van der Waals surface area contributed by atoms with Crippen LogP contribution in [0.25, 0.3) is 0 Å². The number of nitrogens with one attached hydrogen (secondary N) is 1. The van der Waals surface area contributed by atoms with E-state index in [9.17, 15) is 9.59 Å². The minimum Gasteiger partial charge on any atom is -0.352 e. The number of nitrogens with zero attached hydrogens (tertiary/aromatic N) is 1. The Hall–Kier alpha value is -2.04. The van der Waals surface area contributed by atoms with Gasteiger partial charge in [0.25, 0.3) is 0 Å². The molecule has 2 aromatic rings. The van der Waals surface area contributed by atoms with E-state index in [-0.39, 0.29) is 17.9 Å². The highest BCUT2D eigenvalue weighted by atomic mass is 35.5. The Kier molecular flexibility index (Phi) is 8.79. The minimum absolute atomic E-state index is 0.0684. The van der Waals surface area contributed by atoms with E-state index >= 15 is 0 Å². The predicted octanol–water partition coefficient (Wildman–Crippen LogP) is 5.79. The van der Waals surface area contributed by atoms with Crippen LogP contribution < -0.4 is 5.32 Å². The van der Waals surface area contributed by atoms with Crippen LogP contribution in [0.1, 0.15) is 56.6 Å². The lowest BCUT2D eigenvalue weighted by Gasteiger charge is -2.31. The molecule has 0 saturated heterocycles. The normalized spacial score (nSPS) is 15.3. The van der Waals surface area contributed by atoms with E-state index in [1.165, 1.54) is 6.42 Å². The zero-order valence-electron chi connectivity index (χ0n) is 17.9. The van der Waals surface area contributed by atoms with Gasteiger partial charge in [-0.2, -0.15) is 0 Å². The van der Waals surface area contributed by atoms with Gasteiger partial charge in [0, 0.05) is 29.1 Å². The third-order valence-electron chi connectivity index (χ3n) is 5.95. The van der Waals surface area contributed by atoms with Crippen LogP contribution in [-0.2, 0) is 22.6 Å². The van der Waals surface area contributed by atoms with Gasteiger partial charge in [0.05, 0.1) is 0 Å². The molecule has 0 bridgehead atoms. The highest BCUT2D eigenvalue weighted by Gasteiger charge is 2.28. The molecule has 0 heterocycles. The highest BCUT2D eigenvalue weighted by molar-refractivity contribution is 6.31. The van der Waals surface area contributed by atoms with Gasteiger partial charge in [-0.3, -0.25) is 9.59 Å². The molecule has 31 heavy (non-hydrogen) atoms. The Morgan fingerprint density at radius 3 is 2.39 bits per heavy atom. The van der Waals surface area contributed by atoms with Crippen LogP contribution in [0.5, 0.6) is 0 Å². The number of carbonyl (C=O) groups is 2. The number of rotatable bonds is 8. The number of carbonyl (C=O) groups excluding carboxylic acids is 2. The van der Waals surface area contributed by atoms with Crippen molar-refractivity contribution < 1.29 is 9.59 Å². The SMILES string of the molecule is C[C@H](C(=O)NC1CCCCC1)N(Cc1ccc(Cl)cc1)C(=O)CCc1ccccc1Cl. The summed E-state index contributed by atoms with van der Waals surface area (Å²) in [6.07, 6.45) is 6.36. The van der Waals surface area contributed by atoms with E-state index in [2.05, 4.69) is 5.32 Å². The number of hydrogen-bond donors (Lipinski definition) is 1. The van der Waals surface area contributed by atoms with E-state index in [4.69, 9.17) is 23.2 Å². The second kappa shape index (κ2) is 11.5. The molecule has 1 aliphatic carbocycles. The molecular weight excluding hydrogens is 431 g/mol. The van der Waals surface area contributed by atoms with Crippen molar-refractivity contribution in [1.82, 2.24) is 10.2 Å². The maximum absolute atomic E-state index is 13.2. The zero-order chi connectivity index (χ0) is 22.2. The smallest absolute Gasteiger partial charge is 0.242 e. The van der Waals surface area contributed by atoms with Crippen LogP contribution >= 0.6 is 23.2 Å². The summed E-state index contributed by atoms with van der Waals surface area (Å²) in [5, 5.41) is 4.45. The molecule has 1 N–H and O–H groups in total. The minimum atomic E-state index is -0.559. The third-order valence-corrected chi connectivity index (χ3v) is 6.57. The number of aryl methyl sites for hydroxylation is 1. The molecule has 3 rings (SSSR count). The van der Waals surface area contributed by atoms with Crippen molar-refractivity contribution in [1.29, 1.82) is 0 Å². The molecule has 4 nitrogen and oxygen atoms in total. The molecule has 1 aliphatic rings. The molecule has 2 aromatic carbocycles. The van der Waals surface area contributed by atoms with Crippen molar-refractivity contribution in [3.8, 4) is 0 Å². The van der Waals surface area contributed by atoms with Crippen LogP contribution in [0.15, 0.2) is 48.5 Å². The molecule has 6 heteroatoms. The van der Waals surface area contributed by atoms with Crippen molar-refractivity contribution >= 4 is 35.0 Å². The molecule has 0 unspecified atom stereocenters. The Balaban J connectivity index is 1.70. The fourth-order valence-electron chi connectivity index (χ4n) is 4.02. The molecule has 166 valence electrons. The second-order valence-corrected chi connectivity index (χ2v) is 9.10. The first kappa shape index (κ1) is 23.6. The average Bonchev–Trinajstić information content (AvgIpc) is 2.78. The van der Waals surface area contributed by atoms with Crippen molar-refractivity contribution in [2.24, 2.45) is 0 Å². The van der Waals surface area contributed by atoms with E-state index in [1.54, 1.807) is 17.0 Å². The molecule has 0 aromatic heterocycles. The van der Waals surface area contributed by atoms with Gasteiger partial charge in [-0.15, -0.1) is 0 Å². The predicted molar refractivity (Wildman–Crippen MR) is 126 cm³/mol. The molecule has 1 atom stereocenters. The summed E-state index contributed by atoms with van der Waals surface area (Å²) in [4.78, 5) is 27.9. The number of halogens is 2. The fraction of sp³-hybridized carbons (Fsp3) is 0.440. The van der Waals surface area contributed by atoms with Gasteiger partial charge in [0.2, 0.25) is 11.8 Å². The monoisotopic (exact) mass is 460 g/mol. The van der Waals surface area contributed by atoms with Gasteiger partial charge in [-0.1, -0.05) is 72.8 Å². The molecular formula is C25H30Cl2N2O2. The summed E-state index contributed by atoms with van der Waals surface area (Å²) >= 11 is 12.3. The summed E-state index contributed by atoms with van der Waals surface area (Å²) in [7, 11) is 0. The van der Waals surface area contributed by atoms with Crippen molar-refractivity contribution in [3.05, 3.63) is 69.7 Å². The van der Waals surface area contributed by atoms with E-state index in [0.717, 1.165) is 36.8 Å². The van der Waals surface area contributed by atoms with Crippen LogP contribution in [0.2, 0.25) is 10.0 Å². The van der Waals surface area contributed by atoms with Crippen LogP contribution in [0.4, 0.5) is 0 Å². The van der Waals surface area contributed by atoms with E-state index in [0.29, 0.717) is 29.4 Å². The lowest BCUT2D eigenvalue weighted by atomic mass is 9.95. The van der Waals surface area contributed by atoms with Gasteiger partial charge >= 0.3 is 0 Å². The topological polar surface area (TPSA) is 49.4 Å². The summed E-state index contributed by atoms with van der Waals surface area (Å²) in [6, 6.07) is 14.6. The van der Waals surface area contributed by atoms with Gasteiger partial charge in [-0.25, -0.2) is 0 Å². The Bertz CT molecular complexity index is 879. The first-order valence-corrected chi connectivity index (χ1v) is 11.8. The van der Waals surface area contributed by atoms with Crippen molar-refractivity contribution in [3.63, 3.8) is 0 Å². The zero-order valence-corrected chi connectivity index (χ0v) is 19.5. The van der Waals surface area contributed by atoms with Crippen molar-refractivity contribution in [2.75, 3.05) is 0 Å². The first-order chi connectivity index (χ1) is 14.9. The first-order valence-electron chi connectivity index (χ1n) is 11.0. The Labute approximate surface area is 194 Å². The molecule has 0 spiro atoms. The summed E-state index contributed by atoms with van der Waals surface area (Å²) < 4.78 is 0. The number of benzene rings is 2. The standard InChI is InChI=1S/C25H30Cl2N2O2/c1-18(25(31)28-22-8-3-2-4-9-22)29(17-19-11-14-21(26)15-12-19)24(30)16-13-20-7-5-6-10-23(20)27/h5-7,10-12,14-15,18,22H,2-4,8-9,13,16-17H2,1H3,(H,28,31)/t18-/m1/s1. The van der Waals surface area contributed by atoms with Gasteiger partial charge < -0.3 is 10.2 Å². The van der Waals surface area contributed by atoms with Gasteiger partial charge in [-0.05, 0) is 55.5 Å². The molecule has 2 amide bonds. The van der Waals surface area contributed by atoms with Gasteiger partial charge in [0.15, 0.2) is 0 Å². The third kappa shape index (κ3) is 6.98. The van der Waals surface area contributed by atoms with Gasteiger partial charge in [0.1, 0.15) is 6.04 Å². The quantitative estimate of drug-likeness (QED) is 0.541. The lowest BCUT2D eigenvalue weighted by molar-refractivity contribution is -0.141. The fourth-order valence-corrected chi connectivity index (χ4v) is 4.38. The number of amides is 2. The lowest BCUT2D eigenvalue weighted by Crippen LogP contribution is -2.50. The van der Waals surface area contributed by atoms with E-state index < -0.39 is 6.04 Å². The largest absolute Gasteiger partial charge is 0.352 e. The second-order valence-electron chi connectivity index (χ2n) is 8.26.